The van der Waals surface area contributed by atoms with E-state index in [-0.39, 0.29) is 5.91 Å². The fraction of sp³-hybridized carbons (Fsp3) is 0. The van der Waals surface area contributed by atoms with Crippen LogP contribution in [0.1, 0.15) is 15.9 Å². The maximum absolute atomic E-state index is 12.1. The van der Waals surface area contributed by atoms with E-state index in [1.165, 1.54) is 6.07 Å². The predicted octanol–water partition coefficient (Wildman–Crippen LogP) is 2.60. The second-order valence-corrected chi connectivity index (χ2v) is 4.55. The predicted molar refractivity (Wildman–Crippen MR) is 80.9 cm³/mol. The molecule has 22 heavy (non-hydrogen) atoms. The smallest absolute Gasteiger partial charge is 0.256 e. The molecule has 3 rings (SSSR count). The van der Waals surface area contributed by atoms with Gasteiger partial charge in [0.15, 0.2) is 5.82 Å². The number of amides is 1. The number of aromatic amines is 1. The first-order valence-electron chi connectivity index (χ1n) is 6.53. The molecule has 0 aliphatic carbocycles. The Bertz CT molecular complexity index is 848. The van der Waals surface area contributed by atoms with Gasteiger partial charge in [-0.05, 0) is 30.3 Å². The number of nitrogens with zero attached hydrogens (tertiary/aromatic N) is 3. The first-order valence-corrected chi connectivity index (χ1v) is 6.53. The summed E-state index contributed by atoms with van der Waals surface area (Å²) in [7, 11) is 0. The van der Waals surface area contributed by atoms with Gasteiger partial charge in [0, 0.05) is 29.6 Å². The number of anilines is 1. The second kappa shape index (κ2) is 5.89. The maximum Gasteiger partial charge on any atom is 0.256 e. The molecule has 0 atom stereocenters. The standard InChI is InChI=1S/C16H11N5O/c17-10-11-2-1-3-13(8-11)16(22)19-15-9-14(20-21-15)12-4-6-18-7-5-12/h1-9H,(H2,19,20,21,22). The van der Waals surface area contributed by atoms with Gasteiger partial charge in [-0.25, -0.2) is 0 Å². The Balaban J connectivity index is 1.78. The third kappa shape index (κ3) is 2.83. The lowest BCUT2D eigenvalue weighted by Gasteiger charge is -2.01. The SMILES string of the molecule is N#Cc1cccc(C(=O)Nc2cc(-c3ccncc3)[nH]n2)c1. The van der Waals surface area contributed by atoms with Gasteiger partial charge in [-0.2, -0.15) is 10.4 Å². The van der Waals surface area contributed by atoms with E-state index in [1.54, 1.807) is 36.7 Å². The molecule has 2 heterocycles. The molecule has 0 aliphatic heterocycles. The van der Waals surface area contributed by atoms with Crippen LogP contribution in [0.15, 0.2) is 54.9 Å². The van der Waals surface area contributed by atoms with E-state index in [4.69, 9.17) is 5.26 Å². The summed E-state index contributed by atoms with van der Waals surface area (Å²) in [5.74, 6) is 0.101. The van der Waals surface area contributed by atoms with E-state index in [0.29, 0.717) is 16.9 Å². The summed E-state index contributed by atoms with van der Waals surface area (Å²) in [6.07, 6.45) is 3.36. The summed E-state index contributed by atoms with van der Waals surface area (Å²) >= 11 is 0. The first-order chi connectivity index (χ1) is 10.8. The third-order valence-electron chi connectivity index (χ3n) is 3.06. The molecule has 1 aromatic carbocycles. The minimum atomic E-state index is -0.315. The lowest BCUT2D eigenvalue weighted by molar-refractivity contribution is 0.102. The lowest BCUT2D eigenvalue weighted by atomic mass is 10.1. The summed E-state index contributed by atoms with van der Waals surface area (Å²) in [6, 6.07) is 13.9. The highest BCUT2D eigenvalue weighted by molar-refractivity contribution is 6.04. The van der Waals surface area contributed by atoms with Crippen LogP contribution in [0, 0.1) is 11.3 Å². The van der Waals surface area contributed by atoms with E-state index >= 15 is 0 Å². The molecule has 2 aromatic heterocycles. The minimum Gasteiger partial charge on any atom is -0.305 e. The normalized spacial score (nSPS) is 9.95. The van der Waals surface area contributed by atoms with Crippen LogP contribution in [0.25, 0.3) is 11.3 Å². The quantitative estimate of drug-likeness (QED) is 0.774. The number of carbonyl (C=O) groups is 1. The van der Waals surface area contributed by atoms with Crippen molar-refractivity contribution in [1.29, 1.82) is 5.26 Å². The van der Waals surface area contributed by atoms with Gasteiger partial charge >= 0.3 is 0 Å². The van der Waals surface area contributed by atoms with Gasteiger partial charge in [0.05, 0.1) is 17.3 Å². The van der Waals surface area contributed by atoms with E-state index in [1.807, 2.05) is 18.2 Å². The summed E-state index contributed by atoms with van der Waals surface area (Å²) < 4.78 is 0. The van der Waals surface area contributed by atoms with E-state index < -0.39 is 0 Å². The Morgan fingerprint density at radius 2 is 2.00 bits per heavy atom. The number of pyridine rings is 1. The number of aromatic nitrogens is 3. The number of rotatable bonds is 3. The van der Waals surface area contributed by atoms with Gasteiger partial charge < -0.3 is 5.32 Å². The lowest BCUT2D eigenvalue weighted by Crippen LogP contribution is -2.12. The van der Waals surface area contributed by atoms with Crippen molar-refractivity contribution in [2.24, 2.45) is 0 Å². The number of hydrogen-bond acceptors (Lipinski definition) is 4. The maximum atomic E-state index is 12.1. The van der Waals surface area contributed by atoms with Crippen molar-refractivity contribution in [2.75, 3.05) is 5.32 Å². The second-order valence-electron chi connectivity index (χ2n) is 4.55. The molecule has 6 heteroatoms. The zero-order valence-electron chi connectivity index (χ0n) is 11.4. The molecule has 0 spiro atoms. The van der Waals surface area contributed by atoms with Crippen LogP contribution >= 0.6 is 0 Å². The monoisotopic (exact) mass is 289 g/mol. The fourth-order valence-corrected chi connectivity index (χ4v) is 1.98. The van der Waals surface area contributed by atoms with Crippen molar-refractivity contribution in [1.82, 2.24) is 15.2 Å². The van der Waals surface area contributed by atoms with Crippen LogP contribution in [0.4, 0.5) is 5.82 Å². The molecule has 0 aliphatic rings. The van der Waals surface area contributed by atoms with Crippen molar-refractivity contribution < 1.29 is 4.79 Å². The van der Waals surface area contributed by atoms with Gasteiger partial charge in [-0.3, -0.25) is 14.9 Å². The van der Waals surface area contributed by atoms with E-state index in [2.05, 4.69) is 20.5 Å². The Labute approximate surface area is 126 Å². The number of H-pyrrole nitrogens is 1. The number of nitrogens with one attached hydrogen (secondary N) is 2. The number of nitriles is 1. The Morgan fingerprint density at radius 3 is 2.77 bits per heavy atom. The Morgan fingerprint density at radius 1 is 1.18 bits per heavy atom. The molecule has 1 amide bonds. The van der Waals surface area contributed by atoms with Gasteiger partial charge in [-0.1, -0.05) is 6.07 Å². The summed E-state index contributed by atoms with van der Waals surface area (Å²) in [5.41, 5.74) is 2.55. The Kier molecular flexibility index (Phi) is 3.62. The highest BCUT2D eigenvalue weighted by Gasteiger charge is 2.10. The van der Waals surface area contributed by atoms with E-state index in [9.17, 15) is 4.79 Å². The van der Waals surface area contributed by atoms with Crippen molar-refractivity contribution in [2.45, 2.75) is 0 Å². The van der Waals surface area contributed by atoms with Crippen LogP contribution in [-0.2, 0) is 0 Å². The van der Waals surface area contributed by atoms with Crippen molar-refractivity contribution in [3.8, 4) is 17.3 Å². The fourth-order valence-electron chi connectivity index (χ4n) is 1.98. The van der Waals surface area contributed by atoms with Crippen LogP contribution < -0.4 is 5.32 Å². The van der Waals surface area contributed by atoms with Crippen LogP contribution in [0.5, 0.6) is 0 Å². The first kappa shape index (κ1) is 13.5. The number of carbonyl (C=O) groups excluding carboxylic acids is 1. The van der Waals surface area contributed by atoms with Crippen molar-refractivity contribution in [3.05, 3.63) is 66.0 Å². The zero-order chi connectivity index (χ0) is 15.4. The summed E-state index contributed by atoms with van der Waals surface area (Å²) in [6.45, 7) is 0. The molecule has 2 N–H and O–H groups in total. The minimum absolute atomic E-state index is 0.315. The molecule has 0 saturated carbocycles. The Hall–Kier alpha value is -3.46. The summed E-state index contributed by atoms with van der Waals surface area (Å²) in [4.78, 5) is 16.1. The average Bonchev–Trinajstić information content (AvgIpc) is 3.04. The third-order valence-corrected chi connectivity index (χ3v) is 3.06. The molecule has 0 bridgehead atoms. The number of hydrogen-bond donors (Lipinski definition) is 2. The van der Waals surface area contributed by atoms with Gasteiger partial charge in [0.1, 0.15) is 0 Å². The van der Waals surface area contributed by atoms with Crippen molar-refractivity contribution >= 4 is 11.7 Å². The number of benzene rings is 1. The van der Waals surface area contributed by atoms with Crippen LogP contribution in [-0.4, -0.2) is 21.1 Å². The average molecular weight is 289 g/mol. The molecule has 0 radical (unpaired) electrons. The van der Waals surface area contributed by atoms with Crippen LogP contribution in [0.3, 0.4) is 0 Å². The summed E-state index contributed by atoms with van der Waals surface area (Å²) in [5, 5.41) is 18.5. The van der Waals surface area contributed by atoms with Crippen molar-refractivity contribution in [3.63, 3.8) is 0 Å². The molecule has 0 unspecified atom stereocenters. The highest BCUT2D eigenvalue weighted by atomic mass is 16.1. The molecule has 106 valence electrons. The van der Waals surface area contributed by atoms with E-state index in [0.717, 1.165) is 11.3 Å². The van der Waals surface area contributed by atoms with Gasteiger partial charge in [-0.15, -0.1) is 0 Å². The molecular formula is C16H11N5O. The molecular weight excluding hydrogens is 278 g/mol. The molecule has 0 fully saturated rings. The molecule has 6 nitrogen and oxygen atoms in total. The highest BCUT2D eigenvalue weighted by Crippen LogP contribution is 2.19. The van der Waals surface area contributed by atoms with Crippen LogP contribution in [0.2, 0.25) is 0 Å². The van der Waals surface area contributed by atoms with Gasteiger partial charge in [0.25, 0.3) is 5.91 Å². The van der Waals surface area contributed by atoms with Gasteiger partial charge in [0.2, 0.25) is 0 Å². The zero-order valence-corrected chi connectivity index (χ0v) is 11.4. The largest absolute Gasteiger partial charge is 0.305 e. The topological polar surface area (TPSA) is 94.5 Å². The molecule has 3 aromatic rings. The molecule has 0 saturated heterocycles.